The zero-order valence-corrected chi connectivity index (χ0v) is 12.2. The van der Waals surface area contributed by atoms with Crippen molar-refractivity contribution >= 4 is 0 Å². The van der Waals surface area contributed by atoms with E-state index in [0.717, 1.165) is 19.3 Å². The molecular weight excluding hydrogens is 198 g/mol. The Labute approximate surface area is 102 Å². The summed E-state index contributed by atoms with van der Waals surface area (Å²) in [7, 11) is 4.20. The molecule has 0 fully saturated rings. The lowest BCUT2D eigenvalue weighted by molar-refractivity contribution is 0.0886. The molecule has 0 amide bonds. The zero-order chi connectivity index (χ0) is 12.9. The second-order valence-corrected chi connectivity index (χ2v) is 6.76. The molecule has 0 aromatic carbocycles. The molecule has 2 heteroatoms. The largest absolute Gasteiger partial charge is 0.393 e. The maximum atomic E-state index is 10.1. The van der Waals surface area contributed by atoms with E-state index in [9.17, 15) is 5.11 Å². The van der Waals surface area contributed by atoms with Crippen LogP contribution in [0.5, 0.6) is 0 Å². The molecule has 0 aliphatic rings. The van der Waals surface area contributed by atoms with Crippen LogP contribution in [0.1, 0.15) is 53.9 Å². The van der Waals surface area contributed by atoms with Crippen LogP contribution in [0.25, 0.3) is 0 Å². The van der Waals surface area contributed by atoms with Crippen LogP contribution in [0.2, 0.25) is 0 Å². The highest BCUT2D eigenvalue weighted by molar-refractivity contribution is 4.75. The highest BCUT2D eigenvalue weighted by atomic mass is 16.3. The molecule has 0 aliphatic carbocycles. The summed E-state index contributed by atoms with van der Waals surface area (Å²) in [5, 5.41) is 10.1. The van der Waals surface area contributed by atoms with Crippen molar-refractivity contribution in [2.24, 2.45) is 11.3 Å². The van der Waals surface area contributed by atoms with E-state index in [2.05, 4.69) is 53.6 Å². The van der Waals surface area contributed by atoms with Gasteiger partial charge in [-0.25, -0.2) is 0 Å². The van der Waals surface area contributed by atoms with Crippen molar-refractivity contribution in [1.29, 1.82) is 0 Å². The number of hydrogen-bond acceptors (Lipinski definition) is 2. The van der Waals surface area contributed by atoms with E-state index in [1.54, 1.807) is 0 Å². The smallest absolute Gasteiger partial charge is 0.0555 e. The van der Waals surface area contributed by atoms with Crippen LogP contribution < -0.4 is 0 Å². The Morgan fingerprint density at radius 2 is 1.62 bits per heavy atom. The highest BCUT2D eigenvalue weighted by Gasteiger charge is 2.21. The third-order valence-corrected chi connectivity index (χ3v) is 3.17. The van der Waals surface area contributed by atoms with Crippen LogP contribution in [-0.4, -0.2) is 36.2 Å². The summed E-state index contributed by atoms with van der Waals surface area (Å²) in [5.41, 5.74) is 0.326. The van der Waals surface area contributed by atoms with E-state index >= 15 is 0 Å². The first-order valence-electron chi connectivity index (χ1n) is 6.48. The fourth-order valence-corrected chi connectivity index (χ4v) is 2.08. The van der Waals surface area contributed by atoms with Crippen molar-refractivity contribution in [2.45, 2.75) is 66.0 Å². The van der Waals surface area contributed by atoms with E-state index in [-0.39, 0.29) is 6.10 Å². The van der Waals surface area contributed by atoms with Gasteiger partial charge in [-0.05, 0) is 44.7 Å². The molecule has 0 saturated carbocycles. The predicted octanol–water partition coefficient (Wildman–Crippen LogP) is 3.15. The van der Waals surface area contributed by atoms with Gasteiger partial charge in [0, 0.05) is 6.04 Å². The number of aliphatic hydroxyl groups excluding tert-OH is 1. The van der Waals surface area contributed by atoms with Crippen LogP contribution in [-0.2, 0) is 0 Å². The molecule has 0 saturated heterocycles. The first-order valence-corrected chi connectivity index (χ1v) is 6.48. The molecule has 0 aromatic heterocycles. The standard InChI is InChI=1S/C14H31NO/c1-11(2)13(15(6)7)10-12(16)8-9-14(3,4)5/h11-13,16H,8-10H2,1-7H3. The van der Waals surface area contributed by atoms with E-state index in [0.29, 0.717) is 17.4 Å². The molecular formula is C14H31NO. The molecule has 0 aliphatic heterocycles. The molecule has 2 atom stereocenters. The van der Waals surface area contributed by atoms with Gasteiger partial charge in [0.05, 0.1) is 6.10 Å². The number of hydrogen-bond donors (Lipinski definition) is 1. The molecule has 1 N–H and O–H groups in total. The fraction of sp³-hybridized carbons (Fsp3) is 1.00. The number of rotatable bonds is 6. The Morgan fingerprint density at radius 3 is 1.94 bits per heavy atom. The summed E-state index contributed by atoms with van der Waals surface area (Å²) in [6.07, 6.45) is 2.74. The third-order valence-electron chi connectivity index (χ3n) is 3.17. The molecule has 0 heterocycles. The summed E-state index contributed by atoms with van der Waals surface area (Å²) in [6, 6.07) is 0.481. The maximum absolute atomic E-state index is 10.1. The average molecular weight is 229 g/mol. The number of nitrogens with zero attached hydrogens (tertiary/aromatic N) is 1. The molecule has 0 rings (SSSR count). The third kappa shape index (κ3) is 7.24. The summed E-state index contributed by atoms with van der Waals surface area (Å²) >= 11 is 0. The molecule has 0 spiro atoms. The van der Waals surface area contributed by atoms with E-state index in [1.165, 1.54) is 0 Å². The van der Waals surface area contributed by atoms with Gasteiger partial charge in [-0.1, -0.05) is 34.6 Å². The van der Waals surface area contributed by atoms with Gasteiger partial charge in [0.15, 0.2) is 0 Å². The van der Waals surface area contributed by atoms with Crippen LogP contribution in [0.4, 0.5) is 0 Å². The van der Waals surface area contributed by atoms with Crippen molar-refractivity contribution in [1.82, 2.24) is 4.90 Å². The molecule has 98 valence electrons. The Bertz CT molecular complexity index is 174. The SMILES string of the molecule is CC(C)C(CC(O)CCC(C)(C)C)N(C)C. The minimum atomic E-state index is -0.158. The molecule has 2 unspecified atom stereocenters. The van der Waals surface area contributed by atoms with Crippen molar-refractivity contribution in [3.63, 3.8) is 0 Å². The van der Waals surface area contributed by atoms with Crippen LogP contribution >= 0.6 is 0 Å². The zero-order valence-electron chi connectivity index (χ0n) is 12.2. The lowest BCUT2D eigenvalue weighted by Crippen LogP contribution is -2.36. The first kappa shape index (κ1) is 15.9. The van der Waals surface area contributed by atoms with E-state index in [4.69, 9.17) is 0 Å². The average Bonchev–Trinajstić information content (AvgIpc) is 2.08. The highest BCUT2D eigenvalue weighted by Crippen LogP contribution is 2.24. The van der Waals surface area contributed by atoms with Crippen molar-refractivity contribution in [2.75, 3.05) is 14.1 Å². The topological polar surface area (TPSA) is 23.5 Å². The minimum Gasteiger partial charge on any atom is -0.393 e. The van der Waals surface area contributed by atoms with Crippen LogP contribution in [0, 0.1) is 11.3 Å². The Kier molecular flexibility index (Phi) is 6.57. The van der Waals surface area contributed by atoms with Crippen molar-refractivity contribution in [3.8, 4) is 0 Å². The van der Waals surface area contributed by atoms with Gasteiger partial charge in [-0.2, -0.15) is 0 Å². The van der Waals surface area contributed by atoms with Gasteiger partial charge in [-0.15, -0.1) is 0 Å². The van der Waals surface area contributed by atoms with Gasteiger partial charge < -0.3 is 10.0 Å². The molecule has 0 aromatic rings. The van der Waals surface area contributed by atoms with Crippen molar-refractivity contribution < 1.29 is 5.11 Å². The van der Waals surface area contributed by atoms with Gasteiger partial charge in [0.2, 0.25) is 0 Å². The Morgan fingerprint density at radius 1 is 1.12 bits per heavy atom. The fourth-order valence-electron chi connectivity index (χ4n) is 2.08. The first-order chi connectivity index (χ1) is 7.13. The van der Waals surface area contributed by atoms with Gasteiger partial charge in [0.1, 0.15) is 0 Å². The monoisotopic (exact) mass is 229 g/mol. The molecule has 0 bridgehead atoms. The van der Waals surface area contributed by atoms with Crippen LogP contribution in [0.15, 0.2) is 0 Å². The lowest BCUT2D eigenvalue weighted by Gasteiger charge is -2.30. The summed E-state index contributed by atoms with van der Waals surface area (Å²) in [4.78, 5) is 2.23. The molecule has 16 heavy (non-hydrogen) atoms. The summed E-state index contributed by atoms with van der Waals surface area (Å²) in [5.74, 6) is 0.597. The van der Waals surface area contributed by atoms with E-state index in [1.807, 2.05) is 0 Å². The quantitative estimate of drug-likeness (QED) is 0.756. The molecule has 0 radical (unpaired) electrons. The predicted molar refractivity (Wildman–Crippen MR) is 71.6 cm³/mol. The summed E-state index contributed by atoms with van der Waals surface area (Å²) in [6.45, 7) is 11.1. The Balaban J connectivity index is 4.06. The second kappa shape index (κ2) is 6.61. The Hall–Kier alpha value is -0.0800. The number of aliphatic hydroxyl groups is 1. The summed E-state index contributed by atoms with van der Waals surface area (Å²) < 4.78 is 0. The minimum absolute atomic E-state index is 0.158. The maximum Gasteiger partial charge on any atom is 0.0555 e. The van der Waals surface area contributed by atoms with Gasteiger partial charge >= 0.3 is 0 Å². The van der Waals surface area contributed by atoms with E-state index < -0.39 is 0 Å². The lowest BCUT2D eigenvalue weighted by atomic mass is 9.87. The molecule has 2 nitrogen and oxygen atoms in total. The van der Waals surface area contributed by atoms with Gasteiger partial charge in [0.25, 0.3) is 0 Å². The van der Waals surface area contributed by atoms with Crippen molar-refractivity contribution in [3.05, 3.63) is 0 Å². The van der Waals surface area contributed by atoms with Crippen LogP contribution in [0.3, 0.4) is 0 Å². The second-order valence-electron chi connectivity index (χ2n) is 6.76. The van der Waals surface area contributed by atoms with Gasteiger partial charge in [-0.3, -0.25) is 0 Å². The normalized spacial score (nSPS) is 16.9.